The van der Waals surface area contributed by atoms with Gasteiger partial charge in [-0.15, -0.1) is 0 Å². The van der Waals surface area contributed by atoms with Gasteiger partial charge < -0.3 is 4.52 Å². The van der Waals surface area contributed by atoms with Gasteiger partial charge in [-0.1, -0.05) is 28.4 Å². The molecule has 16 heavy (non-hydrogen) atoms. The average Bonchev–Trinajstić information content (AvgIpc) is 2.95. The second-order valence-corrected chi connectivity index (χ2v) is 4.51. The van der Waals surface area contributed by atoms with E-state index in [-0.39, 0.29) is 0 Å². The molecule has 2 heterocycles. The van der Waals surface area contributed by atoms with Crippen LogP contribution in [-0.2, 0) is 0 Å². The molecule has 2 aromatic heterocycles. The first-order valence-electron chi connectivity index (χ1n) is 4.89. The summed E-state index contributed by atoms with van der Waals surface area (Å²) in [5.74, 6) is 1.66. The molecule has 6 heteroatoms. The van der Waals surface area contributed by atoms with Crippen molar-refractivity contribution in [1.82, 2.24) is 15.1 Å². The Labute approximate surface area is 102 Å². The van der Waals surface area contributed by atoms with Crippen LogP contribution in [0.2, 0.25) is 10.3 Å². The van der Waals surface area contributed by atoms with Crippen LogP contribution in [0.4, 0.5) is 0 Å². The molecular weight excluding hydrogens is 249 g/mol. The Kier molecular flexibility index (Phi) is 2.33. The topological polar surface area (TPSA) is 51.8 Å². The predicted molar refractivity (Wildman–Crippen MR) is 59.5 cm³/mol. The summed E-state index contributed by atoms with van der Waals surface area (Å²) in [5.41, 5.74) is 0.699. The standard InChI is InChI=1S/C10H7Cl2N3O/c11-7-3-6(4-8(12)13-7)10-14-9(15-16-10)5-1-2-5/h3-5H,1-2H2. The smallest absolute Gasteiger partial charge is 0.258 e. The fourth-order valence-corrected chi connectivity index (χ4v) is 1.91. The van der Waals surface area contributed by atoms with Gasteiger partial charge in [-0.2, -0.15) is 4.98 Å². The second kappa shape index (κ2) is 3.71. The molecule has 1 aliphatic rings. The summed E-state index contributed by atoms with van der Waals surface area (Å²) >= 11 is 11.6. The van der Waals surface area contributed by atoms with Crippen LogP contribution in [0.25, 0.3) is 11.5 Å². The molecular formula is C10H7Cl2N3O. The Morgan fingerprint density at radius 2 is 1.81 bits per heavy atom. The molecule has 3 rings (SSSR count). The van der Waals surface area contributed by atoms with E-state index >= 15 is 0 Å². The van der Waals surface area contributed by atoms with Crippen LogP contribution in [-0.4, -0.2) is 15.1 Å². The fourth-order valence-electron chi connectivity index (χ4n) is 1.45. The lowest BCUT2D eigenvalue weighted by Crippen LogP contribution is -1.84. The number of hydrogen-bond donors (Lipinski definition) is 0. The summed E-state index contributed by atoms with van der Waals surface area (Å²) in [6.45, 7) is 0. The van der Waals surface area contributed by atoms with E-state index in [1.807, 2.05) is 0 Å². The SMILES string of the molecule is Clc1cc(-c2nc(C3CC3)no2)cc(Cl)n1. The largest absolute Gasteiger partial charge is 0.334 e. The van der Waals surface area contributed by atoms with E-state index in [4.69, 9.17) is 27.7 Å². The van der Waals surface area contributed by atoms with Crippen molar-refractivity contribution in [3.05, 3.63) is 28.3 Å². The van der Waals surface area contributed by atoms with E-state index in [1.165, 1.54) is 0 Å². The molecule has 0 N–H and O–H groups in total. The highest BCUT2D eigenvalue weighted by Gasteiger charge is 2.29. The molecule has 1 saturated carbocycles. The van der Waals surface area contributed by atoms with E-state index < -0.39 is 0 Å². The number of aromatic nitrogens is 3. The highest BCUT2D eigenvalue weighted by molar-refractivity contribution is 6.32. The van der Waals surface area contributed by atoms with Gasteiger partial charge in [0.1, 0.15) is 10.3 Å². The Bertz CT molecular complexity index is 516. The molecule has 0 saturated heterocycles. The van der Waals surface area contributed by atoms with E-state index in [0.29, 0.717) is 27.7 Å². The molecule has 0 radical (unpaired) electrons. The third-order valence-corrected chi connectivity index (χ3v) is 2.78. The van der Waals surface area contributed by atoms with Gasteiger partial charge in [-0.3, -0.25) is 0 Å². The molecule has 0 spiro atoms. The average molecular weight is 256 g/mol. The molecule has 0 amide bonds. The Balaban J connectivity index is 2.00. The van der Waals surface area contributed by atoms with Gasteiger partial charge in [0.25, 0.3) is 5.89 Å². The van der Waals surface area contributed by atoms with E-state index in [0.717, 1.165) is 18.7 Å². The number of hydrogen-bond acceptors (Lipinski definition) is 4. The second-order valence-electron chi connectivity index (χ2n) is 3.73. The highest BCUT2D eigenvalue weighted by Crippen LogP contribution is 2.39. The zero-order valence-corrected chi connectivity index (χ0v) is 9.66. The molecule has 0 aliphatic heterocycles. The summed E-state index contributed by atoms with van der Waals surface area (Å²) < 4.78 is 5.16. The number of pyridine rings is 1. The van der Waals surface area contributed by atoms with Crippen molar-refractivity contribution in [2.75, 3.05) is 0 Å². The fraction of sp³-hybridized carbons (Fsp3) is 0.300. The van der Waals surface area contributed by atoms with Crippen LogP contribution in [0.15, 0.2) is 16.7 Å². The van der Waals surface area contributed by atoms with Crippen molar-refractivity contribution in [3.63, 3.8) is 0 Å². The number of rotatable bonds is 2. The molecule has 0 unspecified atom stereocenters. The third kappa shape index (κ3) is 1.90. The van der Waals surface area contributed by atoms with Crippen molar-refractivity contribution in [2.24, 2.45) is 0 Å². The van der Waals surface area contributed by atoms with Crippen LogP contribution in [0.1, 0.15) is 24.6 Å². The first-order chi connectivity index (χ1) is 7.72. The van der Waals surface area contributed by atoms with Crippen molar-refractivity contribution in [1.29, 1.82) is 0 Å². The maximum Gasteiger partial charge on any atom is 0.258 e. The first-order valence-corrected chi connectivity index (χ1v) is 5.65. The minimum atomic E-state index is 0.314. The van der Waals surface area contributed by atoms with Gasteiger partial charge >= 0.3 is 0 Å². The Morgan fingerprint density at radius 3 is 2.44 bits per heavy atom. The van der Waals surface area contributed by atoms with Gasteiger partial charge in [-0.05, 0) is 25.0 Å². The number of halogens is 2. The van der Waals surface area contributed by atoms with Crippen LogP contribution >= 0.6 is 23.2 Å². The van der Waals surface area contributed by atoms with Gasteiger partial charge in [0.05, 0.1) is 0 Å². The summed E-state index contributed by atoms with van der Waals surface area (Å²) in [7, 11) is 0. The van der Waals surface area contributed by atoms with Crippen molar-refractivity contribution in [3.8, 4) is 11.5 Å². The van der Waals surface area contributed by atoms with Crippen molar-refractivity contribution in [2.45, 2.75) is 18.8 Å². The van der Waals surface area contributed by atoms with E-state index in [1.54, 1.807) is 12.1 Å². The van der Waals surface area contributed by atoms with E-state index in [2.05, 4.69) is 15.1 Å². The summed E-state index contributed by atoms with van der Waals surface area (Å²) in [4.78, 5) is 8.16. The van der Waals surface area contributed by atoms with Crippen molar-refractivity contribution >= 4 is 23.2 Å². The van der Waals surface area contributed by atoms with Crippen LogP contribution < -0.4 is 0 Å². The van der Waals surface area contributed by atoms with E-state index in [9.17, 15) is 0 Å². The minimum Gasteiger partial charge on any atom is -0.334 e. The van der Waals surface area contributed by atoms with Gasteiger partial charge in [-0.25, -0.2) is 4.98 Å². The molecule has 1 fully saturated rings. The molecule has 2 aromatic rings. The van der Waals surface area contributed by atoms with Crippen LogP contribution in [0, 0.1) is 0 Å². The lowest BCUT2D eigenvalue weighted by atomic mass is 10.3. The Hall–Kier alpha value is -1.13. The molecule has 4 nitrogen and oxygen atoms in total. The minimum absolute atomic E-state index is 0.314. The lowest BCUT2D eigenvalue weighted by molar-refractivity contribution is 0.422. The number of nitrogens with zero attached hydrogens (tertiary/aromatic N) is 3. The highest BCUT2D eigenvalue weighted by atomic mass is 35.5. The third-order valence-electron chi connectivity index (χ3n) is 2.39. The summed E-state index contributed by atoms with van der Waals surface area (Å²) in [6, 6.07) is 3.30. The zero-order chi connectivity index (χ0) is 11.1. The van der Waals surface area contributed by atoms with Crippen molar-refractivity contribution < 1.29 is 4.52 Å². The maximum atomic E-state index is 5.80. The van der Waals surface area contributed by atoms with Crippen LogP contribution in [0.5, 0.6) is 0 Å². The molecule has 82 valence electrons. The molecule has 0 bridgehead atoms. The van der Waals surface area contributed by atoms with Gasteiger partial charge in [0.2, 0.25) is 0 Å². The predicted octanol–water partition coefficient (Wildman–Crippen LogP) is 3.32. The summed E-state index contributed by atoms with van der Waals surface area (Å²) in [5, 5.41) is 4.55. The normalized spacial score (nSPS) is 15.4. The lowest BCUT2D eigenvalue weighted by Gasteiger charge is -1.95. The zero-order valence-electron chi connectivity index (χ0n) is 8.15. The van der Waals surface area contributed by atoms with Gasteiger partial charge in [0.15, 0.2) is 5.82 Å². The quantitative estimate of drug-likeness (QED) is 0.773. The maximum absolute atomic E-state index is 5.80. The monoisotopic (exact) mass is 255 g/mol. The summed E-state index contributed by atoms with van der Waals surface area (Å²) in [6.07, 6.45) is 2.27. The molecule has 0 aromatic carbocycles. The van der Waals surface area contributed by atoms with Crippen LogP contribution in [0.3, 0.4) is 0 Å². The first kappa shape index (κ1) is 10.1. The van der Waals surface area contributed by atoms with Gasteiger partial charge in [0, 0.05) is 11.5 Å². The Morgan fingerprint density at radius 1 is 1.12 bits per heavy atom. The molecule has 1 aliphatic carbocycles. The molecule has 0 atom stereocenters.